The van der Waals surface area contributed by atoms with Crippen molar-refractivity contribution in [1.82, 2.24) is 24.3 Å². The third kappa shape index (κ3) is 3.99. The molecule has 1 fully saturated rings. The molecule has 7 heteroatoms. The number of ether oxygens (including phenoxy) is 1. The number of aliphatic hydroxyl groups is 1. The molecule has 1 N–H and O–H groups in total. The molecule has 1 aliphatic heterocycles. The number of aliphatic hydroxyl groups excluding tert-OH is 1. The molecule has 2 aliphatic rings. The Bertz CT molecular complexity index is 1460. The summed E-state index contributed by atoms with van der Waals surface area (Å²) in [5.74, 6) is 3.31. The highest BCUT2D eigenvalue weighted by Gasteiger charge is 2.37. The molecule has 2 bridgehead atoms. The molecule has 6 rings (SSSR count). The average Bonchev–Trinajstić information content (AvgIpc) is 3.33. The number of hydrogen-bond acceptors (Lipinski definition) is 5. The van der Waals surface area contributed by atoms with Crippen LogP contribution in [-0.2, 0) is 13.6 Å². The van der Waals surface area contributed by atoms with Gasteiger partial charge in [-0.25, -0.2) is 9.67 Å². The van der Waals surface area contributed by atoms with E-state index in [-0.39, 0.29) is 5.76 Å². The SMILES string of the molecule is Cc1cc2cc(n1)-c1cnn(C)c1OCC[C@H]1C[C@@H]1Cn1c(nc3ccc(C(C)C)cc31)/C=C/2O. The number of benzene rings is 1. The molecule has 0 unspecified atom stereocenters. The Hall–Kier alpha value is -3.61. The third-order valence-corrected chi connectivity index (χ3v) is 7.36. The largest absolute Gasteiger partial charge is 0.507 e. The lowest BCUT2D eigenvalue weighted by Gasteiger charge is -2.10. The topological polar surface area (TPSA) is 78.0 Å². The third-order valence-electron chi connectivity index (χ3n) is 7.36. The van der Waals surface area contributed by atoms with E-state index in [4.69, 9.17) is 14.7 Å². The van der Waals surface area contributed by atoms with Crippen LogP contribution >= 0.6 is 0 Å². The normalized spacial score (nSPS) is 21.2. The highest BCUT2D eigenvalue weighted by Crippen LogP contribution is 2.44. The smallest absolute Gasteiger partial charge is 0.221 e. The number of aryl methyl sites for hydroxylation is 2. The monoisotopic (exact) mass is 469 g/mol. The summed E-state index contributed by atoms with van der Waals surface area (Å²) in [5, 5.41) is 15.6. The van der Waals surface area contributed by atoms with Gasteiger partial charge in [-0.05, 0) is 67.3 Å². The van der Waals surface area contributed by atoms with Crippen LogP contribution in [0.25, 0.3) is 34.1 Å². The van der Waals surface area contributed by atoms with Crippen molar-refractivity contribution in [2.45, 2.75) is 46.1 Å². The van der Waals surface area contributed by atoms with Gasteiger partial charge in [0.25, 0.3) is 0 Å². The fraction of sp³-hybridized carbons (Fsp3) is 0.393. The summed E-state index contributed by atoms with van der Waals surface area (Å²) >= 11 is 0. The van der Waals surface area contributed by atoms with Crippen LogP contribution in [0.5, 0.6) is 5.88 Å². The predicted octanol–water partition coefficient (Wildman–Crippen LogP) is 5.74. The Morgan fingerprint density at radius 1 is 1.11 bits per heavy atom. The summed E-state index contributed by atoms with van der Waals surface area (Å²) in [6.07, 6.45) is 5.76. The fourth-order valence-corrected chi connectivity index (χ4v) is 5.18. The van der Waals surface area contributed by atoms with Crippen LogP contribution in [0.3, 0.4) is 0 Å². The number of hydrogen-bond donors (Lipinski definition) is 1. The molecule has 1 aromatic carbocycles. The predicted molar refractivity (Wildman–Crippen MR) is 137 cm³/mol. The van der Waals surface area contributed by atoms with Gasteiger partial charge >= 0.3 is 0 Å². The molecule has 180 valence electrons. The van der Waals surface area contributed by atoms with E-state index in [0.29, 0.717) is 35.8 Å². The quantitative estimate of drug-likeness (QED) is 0.385. The van der Waals surface area contributed by atoms with Crippen molar-refractivity contribution in [3.8, 4) is 17.1 Å². The van der Waals surface area contributed by atoms with Crippen molar-refractivity contribution in [2.75, 3.05) is 6.61 Å². The Kier molecular flexibility index (Phi) is 5.16. The molecule has 35 heavy (non-hydrogen) atoms. The Morgan fingerprint density at radius 3 is 2.80 bits per heavy atom. The van der Waals surface area contributed by atoms with Gasteiger partial charge in [0, 0.05) is 30.9 Å². The molecule has 0 amide bonds. The lowest BCUT2D eigenvalue weighted by molar-refractivity contribution is 0.275. The fourth-order valence-electron chi connectivity index (χ4n) is 5.18. The second kappa shape index (κ2) is 8.26. The lowest BCUT2D eigenvalue weighted by atomic mass is 10.0. The summed E-state index contributed by atoms with van der Waals surface area (Å²) in [7, 11) is 1.89. The highest BCUT2D eigenvalue weighted by molar-refractivity contribution is 5.83. The minimum Gasteiger partial charge on any atom is -0.507 e. The number of rotatable bonds is 1. The van der Waals surface area contributed by atoms with Crippen molar-refractivity contribution in [3.05, 3.63) is 59.2 Å². The first kappa shape index (κ1) is 21.9. The summed E-state index contributed by atoms with van der Waals surface area (Å²) in [6, 6.07) is 10.3. The van der Waals surface area contributed by atoms with Crippen molar-refractivity contribution in [3.63, 3.8) is 0 Å². The molecule has 1 saturated carbocycles. The first-order chi connectivity index (χ1) is 16.9. The molecule has 0 radical (unpaired) electrons. The maximum absolute atomic E-state index is 11.2. The van der Waals surface area contributed by atoms with Gasteiger partial charge in [-0.3, -0.25) is 4.98 Å². The van der Waals surface area contributed by atoms with Crippen LogP contribution in [0, 0.1) is 18.8 Å². The zero-order chi connectivity index (χ0) is 24.3. The number of pyridine rings is 1. The van der Waals surface area contributed by atoms with Crippen molar-refractivity contribution < 1.29 is 9.84 Å². The van der Waals surface area contributed by atoms with Gasteiger partial charge in [-0.1, -0.05) is 19.9 Å². The summed E-state index contributed by atoms with van der Waals surface area (Å²) < 4.78 is 10.3. The number of nitrogens with zero attached hydrogens (tertiary/aromatic N) is 5. The van der Waals surface area contributed by atoms with Gasteiger partial charge in [0.05, 0.1) is 35.1 Å². The van der Waals surface area contributed by atoms with Crippen LogP contribution in [0.4, 0.5) is 0 Å². The van der Waals surface area contributed by atoms with Crippen molar-refractivity contribution in [2.24, 2.45) is 18.9 Å². The van der Waals surface area contributed by atoms with Gasteiger partial charge in [0.15, 0.2) is 0 Å². The zero-order valence-electron chi connectivity index (χ0n) is 20.7. The zero-order valence-corrected chi connectivity index (χ0v) is 20.7. The number of imidazole rings is 1. The highest BCUT2D eigenvalue weighted by atomic mass is 16.5. The van der Waals surface area contributed by atoms with Gasteiger partial charge in [0.1, 0.15) is 11.6 Å². The number of fused-ring (bicyclic) bond motifs is 8. The first-order valence-corrected chi connectivity index (χ1v) is 12.4. The summed E-state index contributed by atoms with van der Waals surface area (Å²) in [4.78, 5) is 9.64. The molecule has 4 heterocycles. The van der Waals surface area contributed by atoms with Crippen LogP contribution < -0.4 is 4.74 Å². The van der Waals surface area contributed by atoms with Gasteiger partial charge in [0.2, 0.25) is 5.88 Å². The minimum absolute atomic E-state index is 0.172. The molecular weight excluding hydrogens is 438 g/mol. The van der Waals surface area contributed by atoms with Crippen molar-refractivity contribution in [1.29, 1.82) is 0 Å². The van der Waals surface area contributed by atoms with E-state index in [1.165, 1.54) is 12.0 Å². The standard InChI is InChI=1S/C28H31N5O2/c1-16(2)18-5-6-23-25(12-18)33-15-21-10-19(21)7-8-35-28-22(14-29-32(28)4)24-11-20(9-17(3)30-24)26(34)13-27(33)31-23/h5-6,9,11-14,16,19,21,34H,7-8,10,15H2,1-4H3/b26-13-/t19-,21+/m0/s1. The van der Waals surface area contributed by atoms with Crippen LogP contribution in [0.15, 0.2) is 36.5 Å². The Labute approximate surface area is 205 Å². The van der Waals surface area contributed by atoms with Gasteiger partial charge in [-0.2, -0.15) is 5.10 Å². The van der Waals surface area contributed by atoms with Gasteiger partial charge < -0.3 is 14.4 Å². The first-order valence-electron chi connectivity index (χ1n) is 12.4. The Morgan fingerprint density at radius 2 is 1.97 bits per heavy atom. The Balaban J connectivity index is 1.52. The second-order valence-electron chi connectivity index (χ2n) is 10.3. The van der Waals surface area contributed by atoms with Crippen LogP contribution in [0.1, 0.15) is 55.3 Å². The molecule has 3 aromatic heterocycles. The molecule has 7 nitrogen and oxygen atoms in total. The van der Waals surface area contributed by atoms with E-state index in [1.807, 2.05) is 26.1 Å². The molecule has 0 saturated heterocycles. The molecular formula is C28H31N5O2. The van der Waals surface area contributed by atoms with E-state index < -0.39 is 0 Å². The maximum Gasteiger partial charge on any atom is 0.221 e. The lowest BCUT2D eigenvalue weighted by Crippen LogP contribution is -2.07. The number of aromatic nitrogens is 5. The van der Waals surface area contributed by atoms with Gasteiger partial charge in [-0.15, -0.1) is 0 Å². The van der Waals surface area contributed by atoms with E-state index >= 15 is 0 Å². The van der Waals surface area contributed by atoms with E-state index in [9.17, 15) is 5.11 Å². The van der Waals surface area contributed by atoms with Crippen LogP contribution in [0.2, 0.25) is 0 Å². The van der Waals surface area contributed by atoms with Crippen LogP contribution in [-0.4, -0.2) is 36.0 Å². The van der Waals surface area contributed by atoms with E-state index in [2.05, 4.69) is 41.7 Å². The average molecular weight is 470 g/mol. The second-order valence-corrected chi connectivity index (χ2v) is 10.3. The molecule has 4 aromatic rings. The maximum atomic E-state index is 11.2. The molecule has 2 atom stereocenters. The molecule has 1 aliphatic carbocycles. The summed E-state index contributed by atoms with van der Waals surface area (Å²) in [6.45, 7) is 7.89. The summed E-state index contributed by atoms with van der Waals surface area (Å²) in [5.41, 5.74) is 6.47. The minimum atomic E-state index is 0.172. The molecule has 0 spiro atoms. The van der Waals surface area contributed by atoms with E-state index in [1.54, 1.807) is 17.0 Å². The van der Waals surface area contributed by atoms with E-state index in [0.717, 1.165) is 46.8 Å². The van der Waals surface area contributed by atoms with Crippen molar-refractivity contribution >= 4 is 22.9 Å².